The third kappa shape index (κ3) is 6.69. The lowest BCUT2D eigenvalue weighted by Gasteiger charge is -2.12. The Hall–Kier alpha value is -2.39. The molecule has 2 aromatic rings. The maximum atomic E-state index is 11.5. The van der Waals surface area contributed by atoms with Crippen LogP contribution in [-0.4, -0.2) is 37.2 Å². The normalized spacial score (nSPS) is 12.2. The molecule has 1 heterocycles. The number of hydrogen-bond acceptors (Lipinski definition) is 4. The maximum Gasteiger partial charge on any atom is 0.238 e. The number of aromatic nitrogens is 2. The quantitative estimate of drug-likeness (QED) is 0.356. The van der Waals surface area contributed by atoms with Gasteiger partial charge >= 0.3 is 0 Å². The van der Waals surface area contributed by atoms with Crippen molar-refractivity contribution in [3.05, 3.63) is 47.3 Å². The minimum atomic E-state index is -3.71. The van der Waals surface area contributed by atoms with E-state index in [0.29, 0.717) is 12.5 Å². The number of aliphatic imine (C=N–C) groups is 1. The van der Waals surface area contributed by atoms with Gasteiger partial charge in [-0.15, -0.1) is 0 Å². The Morgan fingerprint density at radius 2 is 2.04 bits per heavy atom. The fraction of sp³-hybridized carbons (Fsp3) is 0.444. The van der Waals surface area contributed by atoms with Crippen LogP contribution in [0, 0.1) is 13.8 Å². The third-order valence-electron chi connectivity index (χ3n) is 3.93. The van der Waals surface area contributed by atoms with Crippen molar-refractivity contribution in [1.29, 1.82) is 0 Å². The van der Waals surface area contributed by atoms with Gasteiger partial charge in [0, 0.05) is 25.3 Å². The molecule has 8 nitrogen and oxygen atoms in total. The molecule has 0 radical (unpaired) electrons. The second-order valence-electron chi connectivity index (χ2n) is 6.32. The van der Waals surface area contributed by atoms with Crippen LogP contribution in [0.5, 0.6) is 0 Å². The van der Waals surface area contributed by atoms with Crippen LogP contribution in [0.25, 0.3) is 0 Å². The number of guanidine groups is 1. The number of hydrogen-bond donors (Lipinski definition) is 3. The van der Waals surface area contributed by atoms with Crippen molar-refractivity contribution < 1.29 is 8.42 Å². The molecule has 0 atom stereocenters. The monoisotopic (exact) mass is 392 g/mol. The molecule has 0 aliphatic rings. The number of primary sulfonamides is 1. The van der Waals surface area contributed by atoms with Gasteiger partial charge in [-0.25, -0.2) is 18.5 Å². The molecular weight excluding hydrogens is 364 g/mol. The zero-order valence-corrected chi connectivity index (χ0v) is 16.9. The van der Waals surface area contributed by atoms with E-state index < -0.39 is 10.0 Å². The summed E-state index contributed by atoms with van der Waals surface area (Å²) in [6.45, 7) is 8.71. The van der Waals surface area contributed by atoms with E-state index in [1.165, 1.54) is 6.07 Å². The lowest BCUT2D eigenvalue weighted by atomic mass is 10.2. The first-order chi connectivity index (χ1) is 12.8. The minimum Gasteiger partial charge on any atom is -0.357 e. The number of nitrogens with two attached hydrogens (primary N) is 1. The average Bonchev–Trinajstić information content (AvgIpc) is 2.93. The van der Waals surface area contributed by atoms with Gasteiger partial charge in [-0.3, -0.25) is 4.68 Å². The average molecular weight is 393 g/mol. The smallest absolute Gasteiger partial charge is 0.238 e. The van der Waals surface area contributed by atoms with Crippen LogP contribution in [0.2, 0.25) is 0 Å². The maximum absolute atomic E-state index is 11.5. The second-order valence-corrected chi connectivity index (χ2v) is 7.88. The SMILES string of the molecule is CCNC(=NCc1cccc(S(N)(=O)=O)c1)NCCCn1nc(C)cc1C. The van der Waals surface area contributed by atoms with Crippen LogP contribution < -0.4 is 15.8 Å². The van der Waals surface area contributed by atoms with Crippen molar-refractivity contribution in [2.45, 2.75) is 45.2 Å². The predicted molar refractivity (Wildman–Crippen MR) is 107 cm³/mol. The largest absolute Gasteiger partial charge is 0.357 e. The van der Waals surface area contributed by atoms with Crippen molar-refractivity contribution in [2.75, 3.05) is 13.1 Å². The Kier molecular flexibility index (Phi) is 7.37. The van der Waals surface area contributed by atoms with Gasteiger partial charge in [-0.05, 0) is 51.0 Å². The highest BCUT2D eigenvalue weighted by atomic mass is 32.2. The molecule has 9 heteroatoms. The highest BCUT2D eigenvalue weighted by Crippen LogP contribution is 2.10. The molecule has 4 N–H and O–H groups in total. The summed E-state index contributed by atoms with van der Waals surface area (Å²) in [5, 5.41) is 16.1. The number of benzene rings is 1. The molecule has 148 valence electrons. The van der Waals surface area contributed by atoms with Crippen molar-refractivity contribution in [2.24, 2.45) is 10.1 Å². The highest BCUT2D eigenvalue weighted by Gasteiger charge is 2.08. The first kappa shape index (κ1) is 20.9. The molecule has 0 bridgehead atoms. The summed E-state index contributed by atoms with van der Waals surface area (Å²) in [5.41, 5.74) is 2.96. The van der Waals surface area contributed by atoms with Gasteiger partial charge in [0.15, 0.2) is 5.96 Å². The zero-order valence-electron chi connectivity index (χ0n) is 16.1. The summed E-state index contributed by atoms with van der Waals surface area (Å²) in [7, 11) is -3.71. The fourth-order valence-corrected chi connectivity index (χ4v) is 3.25. The number of aryl methyl sites for hydroxylation is 3. The van der Waals surface area contributed by atoms with Crippen LogP contribution in [0.4, 0.5) is 0 Å². The summed E-state index contributed by atoms with van der Waals surface area (Å²) in [4.78, 5) is 4.60. The van der Waals surface area contributed by atoms with Gasteiger partial charge in [0.2, 0.25) is 10.0 Å². The number of sulfonamides is 1. The molecule has 0 spiro atoms. The molecule has 0 fully saturated rings. The molecule has 0 saturated carbocycles. The predicted octanol–water partition coefficient (Wildman–Crippen LogP) is 1.29. The molecule has 0 aliphatic heterocycles. The van der Waals surface area contributed by atoms with Gasteiger partial charge in [0.1, 0.15) is 0 Å². The Morgan fingerprint density at radius 1 is 1.26 bits per heavy atom. The van der Waals surface area contributed by atoms with Crippen molar-refractivity contribution in [1.82, 2.24) is 20.4 Å². The molecule has 1 aromatic heterocycles. The first-order valence-corrected chi connectivity index (χ1v) is 10.5. The molecule has 0 aliphatic carbocycles. The summed E-state index contributed by atoms with van der Waals surface area (Å²) in [6, 6.07) is 8.58. The number of nitrogens with zero attached hydrogens (tertiary/aromatic N) is 3. The first-order valence-electron chi connectivity index (χ1n) is 8.94. The Morgan fingerprint density at radius 3 is 2.67 bits per heavy atom. The molecule has 0 unspecified atom stereocenters. The van der Waals surface area contributed by atoms with E-state index in [9.17, 15) is 8.42 Å². The molecule has 1 aromatic carbocycles. The summed E-state index contributed by atoms with van der Waals surface area (Å²) in [5.74, 6) is 0.687. The second kappa shape index (κ2) is 9.52. The zero-order chi connectivity index (χ0) is 19.9. The topological polar surface area (TPSA) is 114 Å². The van der Waals surface area contributed by atoms with E-state index in [0.717, 1.165) is 43.0 Å². The number of nitrogens with one attached hydrogen (secondary N) is 2. The molecule has 27 heavy (non-hydrogen) atoms. The van der Waals surface area contributed by atoms with E-state index >= 15 is 0 Å². The molecule has 2 rings (SSSR count). The van der Waals surface area contributed by atoms with Crippen LogP contribution in [0.1, 0.15) is 30.3 Å². The minimum absolute atomic E-state index is 0.0954. The van der Waals surface area contributed by atoms with Crippen LogP contribution in [-0.2, 0) is 23.1 Å². The van der Waals surface area contributed by atoms with E-state index in [1.807, 2.05) is 24.6 Å². The van der Waals surface area contributed by atoms with Crippen LogP contribution in [0.3, 0.4) is 0 Å². The summed E-state index contributed by atoms with van der Waals surface area (Å²) in [6.07, 6.45) is 0.910. The highest BCUT2D eigenvalue weighted by molar-refractivity contribution is 7.89. The Balaban J connectivity index is 1.91. The van der Waals surface area contributed by atoms with Gasteiger partial charge in [-0.2, -0.15) is 5.10 Å². The lowest BCUT2D eigenvalue weighted by molar-refractivity contribution is 0.555. The molecule has 0 amide bonds. The lowest BCUT2D eigenvalue weighted by Crippen LogP contribution is -2.38. The standard InChI is InChI=1S/C18H28N6O2S/c1-4-20-18(21-9-6-10-24-15(3)11-14(2)23-24)22-13-16-7-5-8-17(12-16)27(19,25)26/h5,7-8,11-12H,4,6,9-10,13H2,1-3H3,(H2,19,25,26)(H2,20,21,22). The summed E-state index contributed by atoms with van der Waals surface area (Å²) < 4.78 is 24.9. The molecular formula is C18H28N6O2S. The van der Waals surface area contributed by atoms with E-state index in [2.05, 4.69) is 33.7 Å². The van der Waals surface area contributed by atoms with Gasteiger partial charge in [-0.1, -0.05) is 12.1 Å². The van der Waals surface area contributed by atoms with E-state index in [1.54, 1.807) is 12.1 Å². The summed E-state index contributed by atoms with van der Waals surface area (Å²) >= 11 is 0. The van der Waals surface area contributed by atoms with Gasteiger partial charge in [0.05, 0.1) is 17.1 Å². The van der Waals surface area contributed by atoms with Crippen molar-refractivity contribution in [3.8, 4) is 0 Å². The fourth-order valence-electron chi connectivity index (χ4n) is 2.67. The third-order valence-corrected chi connectivity index (χ3v) is 4.84. The molecule has 0 saturated heterocycles. The van der Waals surface area contributed by atoms with Gasteiger partial charge < -0.3 is 10.6 Å². The van der Waals surface area contributed by atoms with E-state index in [4.69, 9.17) is 5.14 Å². The van der Waals surface area contributed by atoms with E-state index in [-0.39, 0.29) is 4.90 Å². The Labute approximate surface area is 160 Å². The van der Waals surface area contributed by atoms with Crippen molar-refractivity contribution >= 4 is 16.0 Å². The van der Waals surface area contributed by atoms with Crippen molar-refractivity contribution in [3.63, 3.8) is 0 Å². The van der Waals surface area contributed by atoms with Crippen LogP contribution >= 0.6 is 0 Å². The Bertz CT molecular complexity index is 889. The number of rotatable bonds is 8. The van der Waals surface area contributed by atoms with Crippen LogP contribution in [0.15, 0.2) is 40.2 Å². The van der Waals surface area contributed by atoms with Gasteiger partial charge in [0.25, 0.3) is 0 Å².